The summed E-state index contributed by atoms with van der Waals surface area (Å²) in [5.41, 5.74) is 0.956. The fraction of sp³-hybridized carbons (Fsp3) is 0.704. The number of aliphatic hydroxyl groups is 1. The molecule has 1 aliphatic rings. The molecule has 2 N–H and O–H groups in total. The van der Waals surface area contributed by atoms with Crippen molar-refractivity contribution in [2.24, 2.45) is 0 Å². The Morgan fingerprint density at radius 3 is 1.82 bits per heavy atom. The minimum absolute atomic E-state index is 0.0666. The molecule has 1 aliphatic heterocycles. The summed E-state index contributed by atoms with van der Waals surface area (Å²) in [6.07, 6.45) is 17.5. The van der Waals surface area contributed by atoms with E-state index in [0.29, 0.717) is 6.61 Å². The molecule has 0 atom stereocenters. The van der Waals surface area contributed by atoms with Crippen LogP contribution in [0.1, 0.15) is 89.0 Å². The summed E-state index contributed by atoms with van der Waals surface area (Å²) >= 11 is 2.18. The van der Waals surface area contributed by atoms with Crippen LogP contribution in [0.4, 0.5) is 0 Å². The second kappa shape index (κ2) is 18.6. The van der Waals surface area contributed by atoms with E-state index in [1.165, 1.54) is 113 Å². The van der Waals surface area contributed by atoms with Gasteiger partial charge in [0.2, 0.25) is 0 Å². The highest BCUT2D eigenvalue weighted by atomic mass is 127. The van der Waals surface area contributed by atoms with E-state index in [1.54, 1.807) is 12.1 Å². The number of halogens is 1. The molecule has 1 fully saturated rings. The maximum absolute atomic E-state index is 10.5. The van der Waals surface area contributed by atoms with Crippen molar-refractivity contribution < 1.29 is 22.6 Å². The van der Waals surface area contributed by atoms with E-state index in [-0.39, 0.29) is 4.90 Å². The van der Waals surface area contributed by atoms with E-state index >= 15 is 0 Å². The van der Waals surface area contributed by atoms with Gasteiger partial charge in [-0.25, -0.2) is 0 Å². The third kappa shape index (κ3) is 14.7. The Morgan fingerprint density at radius 2 is 1.35 bits per heavy atom. The third-order valence-electron chi connectivity index (χ3n) is 6.61. The highest BCUT2D eigenvalue weighted by Crippen LogP contribution is 2.20. The molecule has 7 heteroatoms. The number of aryl methyl sites for hydroxylation is 1. The first-order chi connectivity index (χ1) is 16.3. The summed E-state index contributed by atoms with van der Waals surface area (Å²) in [4.78, 5) is -0.0666. The Balaban J connectivity index is 0.000000437. The second-order valence-corrected chi connectivity index (χ2v) is 11.5. The van der Waals surface area contributed by atoms with E-state index in [4.69, 9.17) is 9.66 Å². The van der Waals surface area contributed by atoms with E-state index in [2.05, 4.69) is 32.4 Å². The zero-order valence-electron chi connectivity index (χ0n) is 21.0. The first-order valence-corrected chi connectivity index (χ1v) is 15.4. The predicted octanol–water partition coefficient (Wildman–Crippen LogP) is 6.52. The SMILES string of the molecule is Cc1ccc(S(=O)(=O)O)cc1.OCCCCCCCCCCCC[N+]1(CC#CI)CCCCC1. The molecule has 1 aromatic carbocycles. The van der Waals surface area contributed by atoms with Crippen molar-refractivity contribution in [2.75, 3.05) is 32.8 Å². The molecule has 0 bridgehead atoms. The van der Waals surface area contributed by atoms with Crippen LogP contribution < -0.4 is 0 Å². The van der Waals surface area contributed by atoms with E-state index < -0.39 is 10.1 Å². The first kappa shape index (κ1) is 31.4. The van der Waals surface area contributed by atoms with Gasteiger partial charge >= 0.3 is 0 Å². The van der Waals surface area contributed by atoms with Crippen LogP contribution in [0.25, 0.3) is 0 Å². The first-order valence-electron chi connectivity index (χ1n) is 12.9. The minimum Gasteiger partial charge on any atom is -0.396 e. The Hall–Kier alpha value is -0.660. The summed E-state index contributed by atoms with van der Waals surface area (Å²) in [7, 11) is -4.02. The van der Waals surface area contributed by atoms with Gasteiger partial charge in [0, 0.05) is 29.2 Å². The monoisotopic (exact) mass is 606 g/mol. The largest absolute Gasteiger partial charge is 0.396 e. The molecule has 0 saturated carbocycles. The van der Waals surface area contributed by atoms with Crippen molar-refractivity contribution in [1.82, 2.24) is 0 Å². The fourth-order valence-electron chi connectivity index (χ4n) is 4.52. The van der Waals surface area contributed by atoms with Crippen molar-refractivity contribution in [3.8, 4) is 9.85 Å². The summed E-state index contributed by atoms with van der Waals surface area (Å²) in [6.45, 7) is 7.36. The number of piperidine rings is 1. The number of hydrogen-bond donors (Lipinski definition) is 2. The van der Waals surface area contributed by atoms with Crippen molar-refractivity contribution in [3.05, 3.63) is 29.8 Å². The van der Waals surface area contributed by atoms with Crippen molar-refractivity contribution in [2.45, 2.75) is 95.3 Å². The van der Waals surface area contributed by atoms with Gasteiger partial charge in [-0.2, -0.15) is 8.42 Å². The van der Waals surface area contributed by atoms with E-state index in [0.717, 1.165) is 18.5 Å². The van der Waals surface area contributed by atoms with Crippen LogP contribution in [-0.2, 0) is 10.1 Å². The van der Waals surface area contributed by atoms with E-state index in [1.807, 2.05) is 6.92 Å². The van der Waals surface area contributed by atoms with Gasteiger partial charge in [0.15, 0.2) is 0 Å². The third-order valence-corrected chi connectivity index (χ3v) is 7.85. The molecule has 194 valence electrons. The van der Waals surface area contributed by atoms with Crippen LogP contribution in [0, 0.1) is 16.8 Å². The van der Waals surface area contributed by atoms with Crippen LogP contribution in [0.3, 0.4) is 0 Å². The van der Waals surface area contributed by atoms with Gasteiger partial charge in [-0.15, -0.1) is 0 Å². The number of hydrogen-bond acceptors (Lipinski definition) is 3. The van der Waals surface area contributed by atoms with Crippen LogP contribution in [0.15, 0.2) is 29.2 Å². The molecule has 1 saturated heterocycles. The topological polar surface area (TPSA) is 74.6 Å². The summed E-state index contributed by atoms with van der Waals surface area (Å²) in [5.74, 6) is 3.34. The highest BCUT2D eigenvalue weighted by molar-refractivity contribution is 14.1. The van der Waals surface area contributed by atoms with Crippen LogP contribution in [0.5, 0.6) is 0 Å². The smallest absolute Gasteiger partial charge is 0.294 e. The average Bonchev–Trinajstić information content (AvgIpc) is 2.82. The van der Waals surface area contributed by atoms with Gasteiger partial charge in [-0.05, 0) is 67.4 Å². The lowest BCUT2D eigenvalue weighted by atomic mass is 10.0. The van der Waals surface area contributed by atoms with E-state index in [9.17, 15) is 8.42 Å². The molecule has 0 unspecified atom stereocenters. The minimum atomic E-state index is -4.02. The molecule has 2 rings (SSSR count). The number of rotatable bonds is 14. The maximum atomic E-state index is 10.5. The number of unbranched alkanes of at least 4 members (excludes halogenated alkanes) is 9. The summed E-state index contributed by atoms with van der Waals surface area (Å²) < 4.78 is 33.9. The molecule has 34 heavy (non-hydrogen) atoms. The second-order valence-electron chi connectivity index (χ2n) is 9.55. The lowest BCUT2D eigenvalue weighted by Crippen LogP contribution is -2.52. The van der Waals surface area contributed by atoms with Gasteiger partial charge in [0.25, 0.3) is 10.1 Å². The van der Waals surface area contributed by atoms with Gasteiger partial charge in [0.05, 0.1) is 24.5 Å². The zero-order valence-corrected chi connectivity index (χ0v) is 24.0. The van der Waals surface area contributed by atoms with Crippen LogP contribution in [-0.4, -0.2) is 55.3 Å². The molecular weight excluding hydrogens is 561 g/mol. The molecule has 1 heterocycles. The van der Waals surface area contributed by atoms with Crippen molar-refractivity contribution in [1.29, 1.82) is 0 Å². The number of quaternary nitrogens is 1. The van der Waals surface area contributed by atoms with Crippen LogP contribution in [0.2, 0.25) is 0 Å². The predicted molar refractivity (Wildman–Crippen MR) is 150 cm³/mol. The number of nitrogens with zero attached hydrogens (tertiary/aromatic N) is 1. The fourth-order valence-corrected chi connectivity index (χ4v) is 5.18. The molecule has 0 aromatic heterocycles. The van der Waals surface area contributed by atoms with Gasteiger partial charge < -0.3 is 9.59 Å². The van der Waals surface area contributed by atoms with Gasteiger partial charge in [-0.3, -0.25) is 4.55 Å². The molecule has 0 spiro atoms. The highest BCUT2D eigenvalue weighted by Gasteiger charge is 2.28. The normalized spacial score (nSPS) is 15.1. The summed E-state index contributed by atoms with van der Waals surface area (Å²) in [5, 5.41) is 8.74. The van der Waals surface area contributed by atoms with Crippen molar-refractivity contribution in [3.63, 3.8) is 0 Å². The lowest BCUT2D eigenvalue weighted by Gasteiger charge is -2.40. The van der Waals surface area contributed by atoms with Gasteiger partial charge in [0.1, 0.15) is 6.54 Å². The Kier molecular flexibility index (Phi) is 17.1. The zero-order chi connectivity index (χ0) is 25.1. The standard InChI is InChI=1S/C20H37INO.C7H8O3S/c21-15-14-19-22(17-11-9-12-18-22)16-10-7-5-3-1-2-4-6-8-13-20-23;1-6-2-4-7(5-3-6)11(8,9)10/h23H,1-13,16-20H2;2-5H,1H3,(H,8,9,10)/q+1;. The molecule has 5 nitrogen and oxygen atoms in total. The van der Waals surface area contributed by atoms with Crippen LogP contribution >= 0.6 is 22.6 Å². The average molecular weight is 607 g/mol. The molecular formula is C27H45INO4S+. The Morgan fingerprint density at radius 1 is 0.853 bits per heavy atom. The molecule has 1 aromatic rings. The molecule has 0 aliphatic carbocycles. The Labute approximate surface area is 222 Å². The lowest BCUT2D eigenvalue weighted by molar-refractivity contribution is -0.926. The quantitative estimate of drug-likeness (QED) is 0.0832. The number of benzene rings is 1. The number of aliphatic hydroxyl groups excluding tert-OH is 1. The number of likely N-dealkylation sites (tertiary alicyclic amines) is 1. The molecule has 0 amide bonds. The van der Waals surface area contributed by atoms with Crippen molar-refractivity contribution >= 4 is 32.7 Å². The van der Waals surface area contributed by atoms with Gasteiger partial charge in [-0.1, -0.05) is 62.6 Å². The summed E-state index contributed by atoms with van der Waals surface area (Å²) in [6, 6.07) is 5.99. The maximum Gasteiger partial charge on any atom is 0.294 e. The Bertz CT molecular complexity index is 809. The molecule has 0 radical (unpaired) electrons.